The second-order valence-electron chi connectivity index (χ2n) is 7.51. The monoisotopic (exact) mass is 479 g/mol. The van der Waals surface area contributed by atoms with Gasteiger partial charge in [0.25, 0.3) is 23.6 Å². The van der Waals surface area contributed by atoms with Crippen LogP contribution < -0.4 is 14.8 Å². The number of fused-ring (bicyclic) bond motifs is 1. The highest BCUT2D eigenvalue weighted by molar-refractivity contribution is 7.80. The van der Waals surface area contributed by atoms with E-state index in [0.29, 0.717) is 40.3 Å². The molecule has 0 saturated carbocycles. The summed E-state index contributed by atoms with van der Waals surface area (Å²) >= 11 is 5.07. The van der Waals surface area contributed by atoms with Gasteiger partial charge < -0.3 is 9.47 Å². The molecule has 4 amide bonds. The first kappa shape index (κ1) is 23.1. The topological polar surface area (TPSA) is 105 Å². The Hall–Kier alpha value is -4.05. The summed E-state index contributed by atoms with van der Waals surface area (Å²) < 4.78 is 10.9. The highest BCUT2D eigenvalue weighted by Gasteiger charge is 2.36. The van der Waals surface area contributed by atoms with Crippen LogP contribution in [0.25, 0.3) is 6.08 Å². The fraction of sp³-hybridized carbons (Fsp3) is 0.208. The Morgan fingerprint density at radius 2 is 1.53 bits per heavy atom. The minimum atomic E-state index is -0.625. The Kier molecular flexibility index (Phi) is 6.16. The fourth-order valence-electron chi connectivity index (χ4n) is 3.92. The standard InChI is InChI=1S/C24H21N3O6S/c1-4-26-23(31)17(20(28)25-24(26)34)10-13-9-14(19(33-3)11-18(13)32-2)12-27-21(29)15-7-5-6-8-16(15)22(27)30/h5-11H,4,12H2,1-3H3,(H,25,28,34)/b17-10+. The van der Waals surface area contributed by atoms with Crippen LogP contribution in [0.5, 0.6) is 11.5 Å². The molecule has 10 heteroatoms. The zero-order valence-electron chi connectivity index (χ0n) is 18.7. The number of benzene rings is 2. The summed E-state index contributed by atoms with van der Waals surface area (Å²) in [4.78, 5) is 53.4. The minimum Gasteiger partial charge on any atom is -0.496 e. The van der Waals surface area contributed by atoms with Gasteiger partial charge in [0, 0.05) is 23.7 Å². The summed E-state index contributed by atoms with van der Waals surface area (Å²) in [6, 6.07) is 9.81. The SMILES string of the molecule is CCN1C(=O)/C(=C/c2cc(CN3C(=O)c4ccccc4C3=O)c(OC)cc2OC)C(=O)NC1=S. The average Bonchev–Trinajstić information content (AvgIpc) is 3.07. The lowest BCUT2D eigenvalue weighted by Crippen LogP contribution is -2.53. The van der Waals surface area contributed by atoms with Crippen molar-refractivity contribution in [1.29, 1.82) is 0 Å². The number of hydrogen-bond acceptors (Lipinski definition) is 7. The lowest BCUT2D eigenvalue weighted by molar-refractivity contribution is -0.128. The van der Waals surface area contributed by atoms with Crippen LogP contribution in [0.2, 0.25) is 0 Å². The third-order valence-corrected chi connectivity index (χ3v) is 5.96. The van der Waals surface area contributed by atoms with Crippen LogP contribution in [-0.2, 0) is 16.1 Å². The van der Waals surface area contributed by atoms with E-state index in [1.165, 1.54) is 25.2 Å². The fourth-order valence-corrected chi connectivity index (χ4v) is 4.22. The Labute approximate surface area is 200 Å². The van der Waals surface area contributed by atoms with Crippen LogP contribution in [0.3, 0.4) is 0 Å². The minimum absolute atomic E-state index is 0.0441. The molecule has 0 radical (unpaired) electrons. The maximum atomic E-state index is 12.8. The van der Waals surface area contributed by atoms with Crippen molar-refractivity contribution in [2.24, 2.45) is 0 Å². The maximum absolute atomic E-state index is 12.8. The van der Waals surface area contributed by atoms with Crippen LogP contribution in [0, 0.1) is 0 Å². The summed E-state index contributed by atoms with van der Waals surface area (Å²) in [5.74, 6) is -1.26. The normalized spacial score (nSPS) is 16.8. The number of imide groups is 1. The molecule has 34 heavy (non-hydrogen) atoms. The van der Waals surface area contributed by atoms with Crippen molar-refractivity contribution in [2.45, 2.75) is 13.5 Å². The van der Waals surface area contributed by atoms with E-state index in [2.05, 4.69) is 5.32 Å². The van der Waals surface area contributed by atoms with Crippen molar-refractivity contribution in [3.8, 4) is 11.5 Å². The van der Waals surface area contributed by atoms with Gasteiger partial charge in [-0.1, -0.05) is 12.1 Å². The van der Waals surface area contributed by atoms with Crippen molar-refractivity contribution < 1.29 is 28.7 Å². The number of carbonyl (C=O) groups is 4. The van der Waals surface area contributed by atoms with E-state index in [1.807, 2.05) is 0 Å². The number of carbonyl (C=O) groups excluding carboxylic acids is 4. The van der Waals surface area contributed by atoms with Gasteiger partial charge in [-0.15, -0.1) is 0 Å². The van der Waals surface area contributed by atoms with Crippen LogP contribution >= 0.6 is 12.2 Å². The number of methoxy groups -OCH3 is 2. The van der Waals surface area contributed by atoms with Gasteiger partial charge in [0.15, 0.2) is 5.11 Å². The Bertz CT molecular complexity index is 1250. The number of amides is 4. The third kappa shape index (κ3) is 3.81. The molecular formula is C24H21N3O6S. The Morgan fingerprint density at radius 1 is 0.912 bits per heavy atom. The highest BCUT2D eigenvalue weighted by Crippen LogP contribution is 2.34. The second-order valence-corrected chi connectivity index (χ2v) is 7.90. The molecule has 1 N–H and O–H groups in total. The van der Waals surface area contributed by atoms with Crippen LogP contribution in [-0.4, -0.2) is 59.3 Å². The molecule has 2 aromatic carbocycles. The first-order valence-electron chi connectivity index (χ1n) is 10.4. The average molecular weight is 480 g/mol. The molecule has 0 aromatic heterocycles. The van der Waals surface area contributed by atoms with Crippen molar-refractivity contribution in [2.75, 3.05) is 20.8 Å². The molecule has 1 saturated heterocycles. The van der Waals surface area contributed by atoms with Crippen LogP contribution in [0.1, 0.15) is 38.8 Å². The first-order chi connectivity index (χ1) is 16.3. The largest absolute Gasteiger partial charge is 0.496 e. The number of ether oxygens (including phenoxy) is 2. The van der Waals surface area contributed by atoms with Crippen molar-refractivity contribution >= 4 is 47.0 Å². The number of hydrogen-bond donors (Lipinski definition) is 1. The van der Waals surface area contributed by atoms with E-state index < -0.39 is 23.6 Å². The van der Waals surface area contributed by atoms with Gasteiger partial charge in [0.1, 0.15) is 17.1 Å². The van der Waals surface area contributed by atoms with Crippen molar-refractivity contribution in [1.82, 2.24) is 15.1 Å². The lowest BCUT2D eigenvalue weighted by Gasteiger charge is -2.27. The Balaban J connectivity index is 1.75. The molecule has 1 fully saturated rings. The van der Waals surface area contributed by atoms with Gasteiger partial charge in [-0.3, -0.25) is 34.3 Å². The molecular weight excluding hydrogens is 458 g/mol. The second kappa shape index (κ2) is 9.06. The van der Waals surface area contributed by atoms with E-state index in [1.54, 1.807) is 43.3 Å². The summed E-state index contributed by atoms with van der Waals surface area (Å²) in [5, 5.41) is 2.55. The molecule has 0 unspecified atom stereocenters. The zero-order chi connectivity index (χ0) is 24.6. The van der Waals surface area contributed by atoms with E-state index in [0.717, 1.165) is 4.90 Å². The molecule has 2 aliphatic rings. The molecule has 4 rings (SSSR count). The molecule has 2 heterocycles. The summed E-state index contributed by atoms with van der Waals surface area (Å²) in [5.41, 5.74) is 1.45. The van der Waals surface area contributed by atoms with Gasteiger partial charge in [-0.25, -0.2) is 0 Å². The predicted octanol–water partition coefficient (Wildman–Crippen LogP) is 2.15. The van der Waals surface area contributed by atoms with Gasteiger partial charge in [-0.2, -0.15) is 0 Å². The number of nitrogens with one attached hydrogen (secondary N) is 1. The third-order valence-electron chi connectivity index (χ3n) is 5.64. The highest BCUT2D eigenvalue weighted by atomic mass is 32.1. The number of rotatable bonds is 6. The quantitative estimate of drug-likeness (QED) is 0.293. The van der Waals surface area contributed by atoms with Gasteiger partial charge in [0.2, 0.25) is 0 Å². The summed E-state index contributed by atoms with van der Waals surface area (Å²) in [6.45, 7) is 1.97. The van der Waals surface area contributed by atoms with Crippen molar-refractivity contribution in [3.63, 3.8) is 0 Å². The Morgan fingerprint density at radius 3 is 2.09 bits per heavy atom. The van der Waals surface area contributed by atoms with Gasteiger partial charge >= 0.3 is 0 Å². The van der Waals surface area contributed by atoms with E-state index in [9.17, 15) is 19.2 Å². The molecule has 2 aromatic rings. The van der Waals surface area contributed by atoms with Crippen molar-refractivity contribution in [3.05, 3.63) is 64.2 Å². The molecule has 0 aliphatic carbocycles. The van der Waals surface area contributed by atoms with E-state index >= 15 is 0 Å². The zero-order valence-corrected chi connectivity index (χ0v) is 19.5. The molecule has 0 bridgehead atoms. The number of likely N-dealkylation sites (N-methyl/N-ethyl adjacent to an activating group) is 1. The lowest BCUT2D eigenvalue weighted by atomic mass is 10.0. The summed E-state index contributed by atoms with van der Waals surface area (Å²) in [6.07, 6.45) is 1.40. The molecule has 9 nitrogen and oxygen atoms in total. The molecule has 174 valence electrons. The van der Waals surface area contributed by atoms with Gasteiger partial charge in [-0.05, 0) is 43.4 Å². The molecule has 0 atom stereocenters. The van der Waals surface area contributed by atoms with Gasteiger partial charge in [0.05, 0.1) is 31.9 Å². The molecule has 0 spiro atoms. The predicted molar refractivity (Wildman–Crippen MR) is 126 cm³/mol. The van der Waals surface area contributed by atoms with Crippen LogP contribution in [0.4, 0.5) is 0 Å². The maximum Gasteiger partial charge on any atom is 0.265 e. The number of thiocarbonyl (C=S) groups is 1. The number of nitrogens with zero attached hydrogens (tertiary/aromatic N) is 2. The molecule has 2 aliphatic heterocycles. The van der Waals surface area contributed by atoms with E-state index in [4.69, 9.17) is 21.7 Å². The van der Waals surface area contributed by atoms with E-state index in [-0.39, 0.29) is 17.2 Å². The van der Waals surface area contributed by atoms with Crippen LogP contribution in [0.15, 0.2) is 42.0 Å². The summed E-state index contributed by atoms with van der Waals surface area (Å²) in [7, 11) is 2.90. The first-order valence-corrected chi connectivity index (χ1v) is 10.8. The smallest absolute Gasteiger partial charge is 0.265 e.